The van der Waals surface area contributed by atoms with Crippen LogP contribution in [0, 0.1) is 13.8 Å². The molecule has 3 rings (SSSR count). The molecular weight excluding hydrogens is 356 g/mol. The molecule has 0 aliphatic rings. The van der Waals surface area contributed by atoms with Crippen molar-refractivity contribution in [2.75, 3.05) is 17.7 Å². The molecule has 0 radical (unpaired) electrons. The molecule has 1 heterocycles. The summed E-state index contributed by atoms with van der Waals surface area (Å²) in [6, 6.07) is 14.1. The van der Waals surface area contributed by atoms with Gasteiger partial charge in [-0.15, -0.1) is 0 Å². The van der Waals surface area contributed by atoms with Crippen LogP contribution in [-0.2, 0) is 4.74 Å². The highest BCUT2D eigenvalue weighted by atomic mass is 16.5. The fraction of sp³-hybridized carbons (Fsp3) is 0.143. The van der Waals surface area contributed by atoms with E-state index in [1.807, 2.05) is 32.0 Å². The van der Waals surface area contributed by atoms with Crippen LogP contribution in [0.5, 0.6) is 0 Å². The second kappa shape index (κ2) is 8.30. The predicted molar refractivity (Wildman–Crippen MR) is 107 cm³/mol. The number of anilines is 3. The molecule has 0 fully saturated rings. The van der Waals surface area contributed by atoms with Gasteiger partial charge in [0.2, 0.25) is 5.95 Å². The highest BCUT2D eigenvalue weighted by Crippen LogP contribution is 2.20. The van der Waals surface area contributed by atoms with E-state index in [9.17, 15) is 9.59 Å². The zero-order valence-electron chi connectivity index (χ0n) is 15.8. The molecule has 28 heavy (non-hydrogen) atoms. The van der Waals surface area contributed by atoms with E-state index in [0.29, 0.717) is 11.6 Å². The molecule has 7 nitrogen and oxygen atoms in total. The molecule has 0 spiro atoms. The van der Waals surface area contributed by atoms with Crippen molar-refractivity contribution in [1.82, 2.24) is 9.97 Å². The summed E-state index contributed by atoms with van der Waals surface area (Å²) in [6.45, 7) is 4.00. The zero-order chi connectivity index (χ0) is 20.1. The number of rotatable bonds is 5. The number of para-hydroxylation sites is 1. The fourth-order valence-electron chi connectivity index (χ4n) is 2.69. The van der Waals surface area contributed by atoms with Crippen molar-refractivity contribution in [3.63, 3.8) is 0 Å². The molecule has 3 aromatic rings. The number of methoxy groups -OCH3 is 1. The Kier molecular flexibility index (Phi) is 5.64. The van der Waals surface area contributed by atoms with Gasteiger partial charge in [0.1, 0.15) is 5.69 Å². The molecule has 1 amide bonds. The largest absolute Gasteiger partial charge is 0.465 e. The minimum Gasteiger partial charge on any atom is -0.465 e. The summed E-state index contributed by atoms with van der Waals surface area (Å²) in [7, 11) is 1.29. The van der Waals surface area contributed by atoms with Crippen LogP contribution in [0.15, 0.2) is 54.7 Å². The molecule has 2 aromatic carbocycles. The van der Waals surface area contributed by atoms with E-state index in [1.54, 1.807) is 24.3 Å². The molecule has 1 aromatic heterocycles. The molecule has 0 unspecified atom stereocenters. The summed E-state index contributed by atoms with van der Waals surface area (Å²) in [5.74, 6) is -0.681. The maximum atomic E-state index is 12.6. The second-order valence-electron chi connectivity index (χ2n) is 6.20. The third kappa shape index (κ3) is 4.32. The van der Waals surface area contributed by atoms with Crippen molar-refractivity contribution in [2.45, 2.75) is 13.8 Å². The lowest BCUT2D eigenvalue weighted by molar-refractivity contribution is 0.0602. The molecule has 7 heteroatoms. The van der Waals surface area contributed by atoms with E-state index in [2.05, 4.69) is 20.6 Å². The molecule has 0 atom stereocenters. The third-order valence-electron chi connectivity index (χ3n) is 4.10. The number of aromatic nitrogens is 2. The summed E-state index contributed by atoms with van der Waals surface area (Å²) in [6.07, 6.45) is 1.50. The van der Waals surface area contributed by atoms with Crippen LogP contribution in [0.1, 0.15) is 32.0 Å². The first-order valence-electron chi connectivity index (χ1n) is 8.64. The summed E-state index contributed by atoms with van der Waals surface area (Å²) < 4.78 is 4.74. The van der Waals surface area contributed by atoms with Gasteiger partial charge in [0, 0.05) is 11.9 Å². The van der Waals surface area contributed by atoms with Gasteiger partial charge < -0.3 is 15.4 Å². The average molecular weight is 376 g/mol. The molecule has 0 saturated carbocycles. The van der Waals surface area contributed by atoms with Gasteiger partial charge in [0.05, 0.1) is 18.4 Å². The molecular formula is C21H20N4O3. The summed E-state index contributed by atoms with van der Waals surface area (Å²) in [5, 5.41) is 5.82. The number of esters is 1. The lowest BCUT2D eigenvalue weighted by Gasteiger charge is -2.11. The number of ether oxygens (including phenoxy) is 1. The Bertz CT molecular complexity index is 1030. The predicted octanol–water partition coefficient (Wildman–Crippen LogP) is 3.88. The van der Waals surface area contributed by atoms with Crippen LogP contribution in [-0.4, -0.2) is 29.0 Å². The van der Waals surface area contributed by atoms with Gasteiger partial charge in [-0.3, -0.25) is 4.79 Å². The minimum atomic E-state index is -0.532. The SMILES string of the molecule is COC(=O)c1ccccc1NC(=O)c1ccnc(Nc2ccc(C)cc2C)n1. The van der Waals surface area contributed by atoms with Crippen LogP contribution < -0.4 is 10.6 Å². The first-order chi connectivity index (χ1) is 13.5. The molecule has 142 valence electrons. The van der Waals surface area contributed by atoms with Crippen LogP contribution >= 0.6 is 0 Å². The highest BCUT2D eigenvalue weighted by molar-refractivity contribution is 6.07. The standard InChI is InChI=1S/C21H20N4O3/c1-13-8-9-16(14(2)12-13)24-21-22-11-10-18(25-21)19(26)23-17-7-5-4-6-15(17)20(27)28-3/h4-12H,1-3H3,(H,23,26)(H,22,24,25). The molecule has 0 aliphatic heterocycles. The van der Waals surface area contributed by atoms with Crippen molar-refractivity contribution >= 4 is 29.2 Å². The van der Waals surface area contributed by atoms with Crippen molar-refractivity contribution in [2.24, 2.45) is 0 Å². The number of aryl methyl sites for hydroxylation is 2. The van der Waals surface area contributed by atoms with Gasteiger partial charge >= 0.3 is 5.97 Å². The summed E-state index contributed by atoms with van der Waals surface area (Å²) in [5.41, 5.74) is 3.84. The van der Waals surface area contributed by atoms with Crippen LogP contribution in [0.3, 0.4) is 0 Å². The van der Waals surface area contributed by atoms with Gasteiger partial charge in [-0.05, 0) is 43.7 Å². The van der Waals surface area contributed by atoms with Gasteiger partial charge in [-0.2, -0.15) is 0 Å². The Morgan fingerprint density at radius 1 is 1.00 bits per heavy atom. The number of hydrogen-bond donors (Lipinski definition) is 2. The van der Waals surface area contributed by atoms with E-state index in [0.717, 1.165) is 16.8 Å². The summed E-state index contributed by atoms with van der Waals surface area (Å²) >= 11 is 0. The lowest BCUT2D eigenvalue weighted by atomic mass is 10.1. The minimum absolute atomic E-state index is 0.168. The quantitative estimate of drug-likeness (QED) is 0.657. The number of nitrogens with zero attached hydrogens (tertiary/aromatic N) is 2. The van der Waals surface area contributed by atoms with Gasteiger partial charge in [0.15, 0.2) is 0 Å². The Morgan fingerprint density at radius 3 is 2.54 bits per heavy atom. The number of nitrogens with one attached hydrogen (secondary N) is 2. The number of hydrogen-bond acceptors (Lipinski definition) is 6. The topological polar surface area (TPSA) is 93.2 Å². The Labute approximate surface area is 162 Å². The molecule has 2 N–H and O–H groups in total. The van der Waals surface area contributed by atoms with Crippen LogP contribution in [0.2, 0.25) is 0 Å². The number of carbonyl (C=O) groups excluding carboxylic acids is 2. The van der Waals surface area contributed by atoms with Crippen molar-refractivity contribution in [3.05, 3.63) is 77.1 Å². The fourth-order valence-corrected chi connectivity index (χ4v) is 2.69. The molecule has 0 aliphatic carbocycles. The van der Waals surface area contributed by atoms with Crippen molar-refractivity contribution in [3.8, 4) is 0 Å². The number of benzene rings is 2. The number of carbonyl (C=O) groups is 2. The van der Waals surface area contributed by atoms with Crippen molar-refractivity contribution in [1.29, 1.82) is 0 Å². The smallest absolute Gasteiger partial charge is 0.339 e. The monoisotopic (exact) mass is 376 g/mol. The maximum absolute atomic E-state index is 12.6. The van der Waals surface area contributed by atoms with E-state index < -0.39 is 11.9 Å². The lowest BCUT2D eigenvalue weighted by Crippen LogP contribution is -2.17. The van der Waals surface area contributed by atoms with Crippen LogP contribution in [0.25, 0.3) is 0 Å². The van der Waals surface area contributed by atoms with Crippen molar-refractivity contribution < 1.29 is 14.3 Å². The second-order valence-corrected chi connectivity index (χ2v) is 6.20. The summed E-state index contributed by atoms with van der Waals surface area (Å²) in [4.78, 5) is 32.9. The zero-order valence-corrected chi connectivity index (χ0v) is 15.8. The first kappa shape index (κ1) is 19.0. The van der Waals surface area contributed by atoms with Gasteiger partial charge in [-0.1, -0.05) is 29.8 Å². The molecule has 0 saturated heterocycles. The van der Waals surface area contributed by atoms with E-state index >= 15 is 0 Å². The Hall–Kier alpha value is -3.74. The van der Waals surface area contributed by atoms with E-state index in [1.165, 1.54) is 19.4 Å². The Balaban J connectivity index is 1.81. The van der Waals surface area contributed by atoms with Gasteiger partial charge in [-0.25, -0.2) is 14.8 Å². The maximum Gasteiger partial charge on any atom is 0.339 e. The number of amides is 1. The van der Waals surface area contributed by atoms with E-state index in [4.69, 9.17) is 4.74 Å². The Morgan fingerprint density at radius 2 is 1.79 bits per heavy atom. The van der Waals surface area contributed by atoms with Gasteiger partial charge in [0.25, 0.3) is 5.91 Å². The average Bonchev–Trinajstić information content (AvgIpc) is 2.70. The molecule has 0 bridgehead atoms. The normalized spacial score (nSPS) is 10.2. The van der Waals surface area contributed by atoms with Crippen LogP contribution in [0.4, 0.5) is 17.3 Å². The highest BCUT2D eigenvalue weighted by Gasteiger charge is 2.15. The third-order valence-corrected chi connectivity index (χ3v) is 4.10. The van der Waals surface area contributed by atoms with E-state index in [-0.39, 0.29) is 11.3 Å². The first-order valence-corrected chi connectivity index (χ1v) is 8.64.